The van der Waals surface area contributed by atoms with Crippen LogP contribution in [0.4, 0.5) is 0 Å². The Balaban J connectivity index is 2.60. The summed E-state index contributed by atoms with van der Waals surface area (Å²) in [5.41, 5.74) is 5.99. The van der Waals surface area contributed by atoms with Gasteiger partial charge in [-0.15, -0.1) is 0 Å². The molecule has 6 nitrogen and oxygen atoms in total. The van der Waals surface area contributed by atoms with Crippen molar-refractivity contribution in [3.05, 3.63) is 23.5 Å². The van der Waals surface area contributed by atoms with E-state index in [0.717, 1.165) is 12.8 Å². The topological polar surface area (TPSA) is 99.4 Å². The number of rotatable bonds is 4. The van der Waals surface area contributed by atoms with Crippen LogP contribution in [0.15, 0.2) is 17.2 Å². The molecule has 0 aromatic carbocycles. The lowest BCUT2D eigenvalue weighted by Gasteiger charge is -2.13. The van der Waals surface area contributed by atoms with Crippen molar-refractivity contribution in [2.24, 2.45) is 5.73 Å². The van der Waals surface area contributed by atoms with Crippen molar-refractivity contribution in [2.75, 3.05) is 12.9 Å². The maximum Gasteiger partial charge on any atom is 0.358 e. The van der Waals surface area contributed by atoms with Crippen LogP contribution in [0.1, 0.15) is 35.8 Å². The van der Waals surface area contributed by atoms with E-state index >= 15 is 0 Å². The van der Waals surface area contributed by atoms with E-state index in [4.69, 9.17) is 5.73 Å². The molecule has 1 aromatic rings. The van der Waals surface area contributed by atoms with Crippen LogP contribution in [-0.2, 0) is 20.1 Å². The second-order valence-electron chi connectivity index (χ2n) is 4.62. The molecule has 2 N–H and O–H groups in total. The maximum atomic E-state index is 12.1. The minimum atomic E-state index is -3.56. The van der Waals surface area contributed by atoms with E-state index < -0.39 is 21.3 Å². The van der Waals surface area contributed by atoms with Gasteiger partial charge in [0.2, 0.25) is 0 Å². The first kappa shape index (κ1) is 14.0. The molecule has 0 amide bonds. The second kappa shape index (κ2) is 4.57. The molecule has 104 valence electrons. The van der Waals surface area contributed by atoms with Gasteiger partial charge in [-0.1, -0.05) is 6.92 Å². The molecule has 0 bridgehead atoms. The third kappa shape index (κ3) is 2.48. The summed E-state index contributed by atoms with van der Waals surface area (Å²) >= 11 is 0. The van der Waals surface area contributed by atoms with Gasteiger partial charge in [0, 0.05) is 11.7 Å². The molecule has 19 heavy (non-hydrogen) atoms. The number of hydrogen-bond acceptors (Lipinski definition) is 6. The molecular weight excluding hydrogens is 268 g/mol. The van der Waals surface area contributed by atoms with Crippen LogP contribution in [0.25, 0.3) is 0 Å². The van der Waals surface area contributed by atoms with Crippen LogP contribution >= 0.6 is 0 Å². The van der Waals surface area contributed by atoms with Gasteiger partial charge >= 0.3 is 5.97 Å². The Kier molecular flexibility index (Phi) is 3.36. The number of carbonyl (C=O) groups is 1. The monoisotopic (exact) mass is 284 g/mol. The predicted molar refractivity (Wildman–Crippen MR) is 68.4 cm³/mol. The number of methoxy groups -OCH3 is 1. The fourth-order valence-electron chi connectivity index (χ4n) is 1.78. The largest absolute Gasteiger partial charge is 0.464 e. The summed E-state index contributed by atoms with van der Waals surface area (Å²) in [7, 11) is -2.37. The lowest BCUT2D eigenvalue weighted by molar-refractivity contribution is 0.0589. The number of aromatic nitrogens is 1. The molecule has 2 rings (SSSR count). The van der Waals surface area contributed by atoms with E-state index in [0.29, 0.717) is 5.56 Å². The molecule has 0 aliphatic heterocycles. The smallest absolute Gasteiger partial charge is 0.358 e. The molecule has 0 spiro atoms. The SMILES string of the molecule is CCS(=O)(=O)c1cc(C2(N)CC2)cnc1C(=O)OC. The van der Waals surface area contributed by atoms with Gasteiger partial charge in [-0.05, 0) is 24.5 Å². The predicted octanol–water partition coefficient (Wildman–Crippen LogP) is 0.610. The zero-order valence-electron chi connectivity index (χ0n) is 10.8. The van der Waals surface area contributed by atoms with E-state index in [1.165, 1.54) is 26.3 Å². The zero-order chi connectivity index (χ0) is 14.3. The van der Waals surface area contributed by atoms with Crippen LogP contribution in [-0.4, -0.2) is 32.2 Å². The Morgan fingerprint density at radius 3 is 2.63 bits per heavy atom. The normalized spacial score (nSPS) is 17.0. The minimum absolute atomic E-state index is 0.101. The highest BCUT2D eigenvalue weighted by molar-refractivity contribution is 7.91. The van der Waals surface area contributed by atoms with Crippen molar-refractivity contribution < 1.29 is 17.9 Å². The van der Waals surface area contributed by atoms with Crippen LogP contribution < -0.4 is 5.73 Å². The Labute approximate surface area is 111 Å². The standard InChI is InChI=1S/C12H16N2O4S/c1-3-19(16,17)9-6-8(12(13)4-5-12)7-14-10(9)11(15)18-2/h6-7H,3-5,13H2,1-2H3. The van der Waals surface area contributed by atoms with Crippen molar-refractivity contribution in [2.45, 2.75) is 30.2 Å². The van der Waals surface area contributed by atoms with Crippen molar-refractivity contribution in [1.29, 1.82) is 0 Å². The average molecular weight is 284 g/mol. The number of hydrogen-bond donors (Lipinski definition) is 1. The quantitative estimate of drug-likeness (QED) is 0.813. The number of ether oxygens (including phenoxy) is 1. The number of pyridine rings is 1. The summed E-state index contributed by atoms with van der Waals surface area (Å²) < 4.78 is 28.7. The molecule has 0 radical (unpaired) electrons. The lowest BCUT2D eigenvalue weighted by atomic mass is 10.1. The van der Waals surface area contributed by atoms with Gasteiger partial charge < -0.3 is 10.5 Å². The number of esters is 1. The highest BCUT2D eigenvalue weighted by atomic mass is 32.2. The van der Waals surface area contributed by atoms with Crippen molar-refractivity contribution >= 4 is 15.8 Å². The van der Waals surface area contributed by atoms with Crippen molar-refractivity contribution in [1.82, 2.24) is 4.98 Å². The van der Waals surface area contributed by atoms with Gasteiger partial charge in [0.15, 0.2) is 15.5 Å². The summed E-state index contributed by atoms with van der Waals surface area (Å²) in [4.78, 5) is 15.4. The number of carbonyl (C=O) groups excluding carboxylic acids is 1. The van der Waals surface area contributed by atoms with Gasteiger partial charge in [-0.25, -0.2) is 18.2 Å². The highest BCUT2D eigenvalue weighted by Gasteiger charge is 2.41. The molecule has 0 unspecified atom stereocenters. The van der Waals surface area contributed by atoms with Crippen molar-refractivity contribution in [3.63, 3.8) is 0 Å². The van der Waals surface area contributed by atoms with Gasteiger partial charge in [0.1, 0.15) is 4.90 Å². The summed E-state index contributed by atoms with van der Waals surface area (Å²) in [6.45, 7) is 1.51. The fourth-order valence-corrected chi connectivity index (χ4v) is 2.83. The third-order valence-corrected chi connectivity index (χ3v) is 5.05. The molecular formula is C12H16N2O4S. The average Bonchev–Trinajstić information content (AvgIpc) is 3.16. The number of sulfone groups is 1. The maximum absolute atomic E-state index is 12.1. The molecule has 1 aliphatic rings. The number of nitrogens with zero attached hydrogens (tertiary/aromatic N) is 1. The Hall–Kier alpha value is -1.47. The van der Waals surface area contributed by atoms with Crippen LogP contribution in [0.5, 0.6) is 0 Å². The third-order valence-electron chi connectivity index (χ3n) is 3.31. The molecule has 7 heteroatoms. The minimum Gasteiger partial charge on any atom is -0.464 e. The van der Waals surface area contributed by atoms with E-state index in [1.807, 2.05) is 0 Å². The summed E-state index contributed by atoms with van der Waals surface area (Å²) in [5, 5.41) is 0. The van der Waals surface area contributed by atoms with E-state index in [-0.39, 0.29) is 16.3 Å². The van der Waals surface area contributed by atoms with Gasteiger partial charge in [-0.2, -0.15) is 0 Å². The van der Waals surface area contributed by atoms with E-state index in [1.54, 1.807) is 0 Å². The van der Waals surface area contributed by atoms with Crippen molar-refractivity contribution in [3.8, 4) is 0 Å². The molecule has 0 atom stereocenters. The number of nitrogens with two attached hydrogens (primary N) is 1. The second-order valence-corrected chi connectivity index (χ2v) is 6.87. The first-order chi connectivity index (χ1) is 8.84. The lowest BCUT2D eigenvalue weighted by Crippen LogP contribution is -2.22. The van der Waals surface area contributed by atoms with Gasteiger partial charge in [0.05, 0.1) is 12.9 Å². The zero-order valence-corrected chi connectivity index (χ0v) is 11.7. The molecule has 1 saturated carbocycles. The first-order valence-electron chi connectivity index (χ1n) is 5.94. The Morgan fingerprint density at radius 2 is 2.16 bits per heavy atom. The Bertz CT molecular complexity index is 621. The van der Waals surface area contributed by atoms with Crippen LogP contribution in [0, 0.1) is 0 Å². The molecule has 1 aromatic heterocycles. The summed E-state index contributed by atoms with van der Waals surface area (Å²) in [6.07, 6.45) is 3.03. The Morgan fingerprint density at radius 1 is 1.53 bits per heavy atom. The molecule has 1 heterocycles. The first-order valence-corrected chi connectivity index (χ1v) is 7.60. The van der Waals surface area contributed by atoms with Gasteiger partial charge in [-0.3, -0.25) is 0 Å². The molecule has 1 fully saturated rings. The molecule has 1 aliphatic carbocycles. The van der Waals surface area contributed by atoms with E-state index in [2.05, 4.69) is 9.72 Å². The van der Waals surface area contributed by atoms with Gasteiger partial charge in [0.25, 0.3) is 0 Å². The summed E-state index contributed by atoms with van der Waals surface area (Å²) in [5.74, 6) is -0.875. The van der Waals surface area contributed by atoms with Crippen LogP contribution in [0.3, 0.4) is 0 Å². The van der Waals surface area contributed by atoms with E-state index in [9.17, 15) is 13.2 Å². The summed E-state index contributed by atoms with van der Waals surface area (Å²) in [6, 6.07) is 1.45. The fraction of sp³-hybridized carbons (Fsp3) is 0.500. The molecule has 0 saturated heterocycles. The van der Waals surface area contributed by atoms with Crippen LogP contribution in [0.2, 0.25) is 0 Å². The highest BCUT2D eigenvalue weighted by Crippen LogP contribution is 2.43.